The summed E-state index contributed by atoms with van der Waals surface area (Å²) in [5.41, 5.74) is 0. The van der Waals surface area contributed by atoms with Crippen LogP contribution in [0.25, 0.3) is 0 Å². The predicted octanol–water partition coefficient (Wildman–Crippen LogP) is 0.630. The molecule has 0 bridgehead atoms. The number of carbonyl (C=O) groups is 2. The second-order valence-electron chi connectivity index (χ2n) is 2.75. The number of rotatable bonds is 4. The molecule has 0 rings (SSSR count). The van der Waals surface area contributed by atoms with Gasteiger partial charge in [0, 0.05) is 18.2 Å². The van der Waals surface area contributed by atoms with Gasteiger partial charge in [0.1, 0.15) is 0 Å². The SMILES string of the molecule is CCOC(=O)/C=C/C(=O)NC(C)C. The van der Waals surface area contributed by atoms with Gasteiger partial charge in [-0.25, -0.2) is 4.79 Å². The molecule has 0 saturated heterocycles. The lowest BCUT2D eigenvalue weighted by Gasteiger charge is -2.03. The molecule has 0 unspecified atom stereocenters. The first kappa shape index (κ1) is 11.7. The highest BCUT2D eigenvalue weighted by atomic mass is 16.5. The van der Waals surface area contributed by atoms with Crippen LogP contribution in [0, 0.1) is 0 Å². The summed E-state index contributed by atoms with van der Waals surface area (Å²) in [6, 6.07) is 0.0688. The fourth-order valence-corrected chi connectivity index (χ4v) is 0.667. The second-order valence-corrected chi connectivity index (χ2v) is 2.75. The van der Waals surface area contributed by atoms with Crippen molar-refractivity contribution >= 4 is 11.9 Å². The maximum Gasteiger partial charge on any atom is 0.330 e. The molecule has 74 valence electrons. The third-order valence-corrected chi connectivity index (χ3v) is 1.09. The van der Waals surface area contributed by atoms with Crippen molar-refractivity contribution in [1.82, 2.24) is 5.32 Å². The highest BCUT2D eigenvalue weighted by molar-refractivity contribution is 5.94. The van der Waals surface area contributed by atoms with E-state index in [4.69, 9.17) is 0 Å². The highest BCUT2D eigenvalue weighted by Crippen LogP contribution is 1.83. The molecule has 0 aliphatic carbocycles. The van der Waals surface area contributed by atoms with E-state index >= 15 is 0 Å². The Morgan fingerprint density at radius 2 is 2.00 bits per heavy atom. The maximum absolute atomic E-state index is 11.0. The average molecular weight is 185 g/mol. The topological polar surface area (TPSA) is 55.4 Å². The lowest BCUT2D eigenvalue weighted by Crippen LogP contribution is -2.28. The van der Waals surface area contributed by atoms with Gasteiger partial charge in [-0.3, -0.25) is 4.79 Å². The quantitative estimate of drug-likeness (QED) is 0.516. The third-order valence-electron chi connectivity index (χ3n) is 1.09. The van der Waals surface area contributed by atoms with Gasteiger partial charge in [0.15, 0.2) is 0 Å². The number of ether oxygens (including phenoxy) is 1. The molecule has 4 heteroatoms. The van der Waals surface area contributed by atoms with Gasteiger partial charge in [0.05, 0.1) is 6.61 Å². The Balaban J connectivity index is 3.83. The van der Waals surface area contributed by atoms with Crippen LogP contribution >= 0.6 is 0 Å². The van der Waals surface area contributed by atoms with Crippen LogP contribution in [0.5, 0.6) is 0 Å². The third kappa shape index (κ3) is 7.05. The average Bonchev–Trinajstić information content (AvgIpc) is 2.00. The molecule has 0 spiro atoms. The summed E-state index contributed by atoms with van der Waals surface area (Å²) in [6.45, 7) is 5.71. The molecule has 0 aliphatic rings. The van der Waals surface area contributed by atoms with E-state index < -0.39 is 5.97 Å². The minimum absolute atomic E-state index is 0.0688. The molecule has 0 atom stereocenters. The second kappa shape index (κ2) is 6.22. The molecule has 0 aromatic heterocycles. The van der Waals surface area contributed by atoms with E-state index in [2.05, 4.69) is 10.1 Å². The van der Waals surface area contributed by atoms with Crippen LogP contribution in [-0.4, -0.2) is 24.5 Å². The normalized spacial score (nSPS) is 10.5. The molecule has 0 saturated carbocycles. The molecule has 0 aromatic rings. The first-order chi connectivity index (χ1) is 6.06. The monoisotopic (exact) mass is 185 g/mol. The van der Waals surface area contributed by atoms with E-state index in [0.717, 1.165) is 12.2 Å². The Morgan fingerprint density at radius 3 is 2.46 bits per heavy atom. The summed E-state index contributed by atoms with van der Waals surface area (Å²) in [4.78, 5) is 21.7. The van der Waals surface area contributed by atoms with Crippen LogP contribution in [0.3, 0.4) is 0 Å². The lowest BCUT2D eigenvalue weighted by molar-refractivity contribution is -0.137. The van der Waals surface area contributed by atoms with Gasteiger partial charge in [-0.2, -0.15) is 0 Å². The van der Waals surface area contributed by atoms with Gasteiger partial charge in [-0.05, 0) is 20.8 Å². The van der Waals surface area contributed by atoms with Crippen LogP contribution in [0.15, 0.2) is 12.2 Å². The van der Waals surface area contributed by atoms with E-state index in [9.17, 15) is 9.59 Å². The maximum atomic E-state index is 11.0. The number of esters is 1. The van der Waals surface area contributed by atoms with Gasteiger partial charge in [-0.1, -0.05) is 0 Å². The zero-order valence-electron chi connectivity index (χ0n) is 8.16. The van der Waals surface area contributed by atoms with Crippen molar-refractivity contribution in [3.63, 3.8) is 0 Å². The number of carbonyl (C=O) groups excluding carboxylic acids is 2. The molecule has 0 aliphatic heterocycles. The summed E-state index contributed by atoms with van der Waals surface area (Å²) in [5, 5.41) is 2.61. The Morgan fingerprint density at radius 1 is 1.38 bits per heavy atom. The first-order valence-corrected chi connectivity index (χ1v) is 4.21. The standard InChI is InChI=1S/C9H15NO3/c1-4-13-9(12)6-5-8(11)10-7(2)3/h5-7H,4H2,1-3H3,(H,10,11)/b6-5+. The van der Waals surface area contributed by atoms with Crippen molar-refractivity contribution in [3.05, 3.63) is 12.2 Å². The molecule has 0 heterocycles. The highest BCUT2D eigenvalue weighted by Gasteiger charge is 1.99. The summed E-state index contributed by atoms with van der Waals surface area (Å²) in [5.74, 6) is -0.788. The van der Waals surface area contributed by atoms with Gasteiger partial charge in [0.25, 0.3) is 0 Å². The molecule has 4 nitrogen and oxygen atoms in total. The molecule has 0 radical (unpaired) electrons. The number of amides is 1. The zero-order chi connectivity index (χ0) is 10.3. The summed E-state index contributed by atoms with van der Waals surface area (Å²) >= 11 is 0. The van der Waals surface area contributed by atoms with E-state index in [1.54, 1.807) is 6.92 Å². The van der Waals surface area contributed by atoms with Crippen molar-refractivity contribution in [2.75, 3.05) is 6.61 Å². The Bertz CT molecular complexity index is 209. The van der Waals surface area contributed by atoms with Crippen molar-refractivity contribution in [1.29, 1.82) is 0 Å². The molecular weight excluding hydrogens is 170 g/mol. The number of nitrogens with one attached hydrogen (secondary N) is 1. The smallest absolute Gasteiger partial charge is 0.330 e. The van der Waals surface area contributed by atoms with Crippen LogP contribution in [-0.2, 0) is 14.3 Å². The fourth-order valence-electron chi connectivity index (χ4n) is 0.667. The summed E-state index contributed by atoms with van der Waals surface area (Å²) in [6.07, 6.45) is 2.28. The van der Waals surface area contributed by atoms with Crippen LogP contribution in [0.4, 0.5) is 0 Å². The van der Waals surface area contributed by atoms with Gasteiger partial charge in [0.2, 0.25) is 5.91 Å². The Hall–Kier alpha value is -1.32. The van der Waals surface area contributed by atoms with Crippen LogP contribution < -0.4 is 5.32 Å². The molecule has 13 heavy (non-hydrogen) atoms. The minimum Gasteiger partial charge on any atom is -0.463 e. The van der Waals surface area contributed by atoms with E-state index in [1.165, 1.54) is 0 Å². The molecule has 1 N–H and O–H groups in total. The molecule has 0 fully saturated rings. The molecule has 0 aromatic carbocycles. The molecule has 1 amide bonds. The largest absolute Gasteiger partial charge is 0.463 e. The number of hydrogen-bond donors (Lipinski definition) is 1. The lowest BCUT2D eigenvalue weighted by atomic mass is 10.4. The van der Waals surface area contributed by atoms with Gasteiger partial charge >= 0.3 is 5.97 Å². The summed E-state index contributed by atoms with van der Waals surface area (Å²) in [7, 11) is 0. The van der Waals surface area contributed by atoms with Crippen LogP contribution in [0.2, 0.25) is 0 Å². The Kier molecular flexibility index (Phi) is 5.59. The van der Waals surface area contributed by atoms with Crippen molar-refractivity contribution in [3.8, 4) is 0 Å². The fraction of sp³-hybridized carbons (Fsp3) is 0.556. The first-order valence-electron chi connectivity index (χ1n) is 4.21. The van der Waals surface area contributed by atoms with Crippen molar-refractivity contribution < 1.29 is 14.3 Å². The minimum atomic E-state index is -0.499. The van der Waals surface area contributed by atoms with E-state index in [1.807, 2.05) is 13.8 Å². The van der Waals surface area contributed by atoms with Gasteiger partial charge < -0.3 is 10.1 Å². The van der Waals surface area contributed by atoms with E-state index in [0.29, 0.717) is 6.61 Å². The Labute approximate surface area is 78.0 Å². The summed E-state index contributed by atoms with van der Waals surface area (Å²) < 4.78 is 4.59. The van der Waals surface area contributed by atoms with E-state index in [-0.39, 0.29) is 11.9 Å². The van der Waals surface area contributed by atoms with Crippen molar-refractivity contribution in [2.24, 2.45) is 0 Å². The van der Waals surface area contributed by atoms with Crippen LogP contribution in [0.1, 0.15) is 20.8 Å². The predicted molar refractivity (Wildman–Crippen MR) is 49.1 cm³/mol. The van der Waals surface area contributed by atoms with Gasteiger partial charge in [-0.15, -0.1) is 0 Å². The molecular formula is C9H15NO3. The zero-order valence-corrected chi connectivity index (χ0v) is 8.16. The number of hydrogen-bond acceptors (Lipinski definition) is 3. The van der Waals surface area contributed by atoms with Crippen molar-refractivity contribution in [2.45, 2.75) is 26.8 Å².